The van der Waals surface area contributed by atoms with Crippen molar-refractivity contribution in [3.05, 3.63) is 71.8 Å². The molecule has 4 unspecified atom stereocenters. The molecule has 3 amide bonds. The van der Waals surface area contributed by atoms with Crippen molar-refractivity contribution in [2.24, 2.45) is 5.92 Å². The number of aliphatic hydroxyl groups excluding tert-OH is 1. The highest BCUT2D eigenvalue weighted by atomic mass is 16.6. The first-order valence-electron chi connectivity index (χ1n) is 13.4. The number of rotatable bonds is 8. The first-order valence-corrected chi connectivity index (χ1v) is 13.4. The summed E-state index contributed by atoms with van der Waals surface area (Å²) in [7, 11) is 0. The number of anilines is 1. The van der Waals surface area contributed by atoms with Gasteiger partial charge in [-0.3, -0.25) is 9.59 Å². The number of amides is 3. The third-order valence-corrected chi connectivity index (χ3v) is 6.93. The number of phenols is 1. The van der Waals surface area contributed by atoms with E-state index in [1.54, 1.807) is 45.9 Å². The van der Waals surface area contributed by atoms with Gasteiger partial charge in [0.2, 0.25) is 5.91 Å². The fourth-order valence-corrected chi connectivity index (χ4v) is 4.75. The quantitative estimate of drug-likeness (QED) is 0.325. The molecule has 0 saturated heterocycles. The second kappa shape index (κ2) is 11.6. The SMILES string of the molecule is Cc1cc(C(C(=O)Nc2ccc3ccccc3c2)N(C(=O)C(CO)NC(=O)OC(C)(C)C)C2CC2C)ccc1O. The van der Waals surface area contributed by atoms with E-state index in [1.165, 1.54) is 11.0 Å². The third-order valence-electron chi connectivity index (χ3n) is 6.93. The van der Waals surface area contributed by atoms with Crippen molar-refractivity contribution in [3.63, 3.8) is 0 Å². The zero-order valence-electron chi connectivity index (χ0n) is 23.5. The van der Waals surface area contributed by atoms with Crippen molar-refractivity contribution in [1.29, 1.82) is 0 Å². The number of carbonyl (C=O) groups excluding carboxylic acids is 3. The van der Waals surface area contributed by atoms with Gasteiger partial charge in [-0.25, -0.2) is 4.79 Å². The van der Waals surface area contributed by atoms with Gasteiger partial charge >= 0.3 is 6.09 Å². The Balaban J connectivity index is 1.71. The van der Waals surface area contributed by atoms with Gasteiger partial charge in [-0.15, -0.1) is 0 Å². The predicted octanol–water partition coefficient (Wildman–Crippen LogP) is 4.66. The van der Waals surface area contributed by atoms with Crippen LogP contribution in [0.4, 0.5) is 10.5 Å². The van der Waals surface area contributed by atoms with Gasteiger partial charge in [-0.1, -0.05) is 43.3 Å². The molecule has 0 spiro atoms. The van der Waals surface area contributed by atoms with E-state index < -0.39 is 42.2 Å². The summed E-state index contributed by atoms with van der Waals surface area (Å²) in [6.07, 6.45) is -0.186. The number of benzene rings is 3. The Kier molecular flexibility index (Phi) is 8.34. The Labute approximate surface area is 234 Å². The highest BCUT2D eigenvalue weighted by molar-refractivity contribution is 6.00. The summed E-state index contributed by atoms with van der Waals surface area (Å²) in [6.45, 7) is 8.09. The molecule has 4 rings (SSSR count). The molecule has 4 N–H and O–H groups in total. The Morgan fingerprint density at radius 3 is 2.33 bits per heavy atom. The average molecular weight is 548 g/mol. The zero-order valence-corrected chi connectivity index (χ0v) is 23.5. The molecule has 9 heteroatoms. The van der Waals surface area contributed by atoms with Gasteiger partial charge in [0.05, 0.1) is 6.61 Å². The molecule has 4 atom stereocenters. The van der Waals surface area contributed by atoms with Crippen LogP contribution in [-0.2, 0) is 14.3 Å². The number of fused-ring (bicyclic) bond motifs is 1. The first-order chi connectivity index (χ1) is 18.9. The van der Waals surface area contributed by atoms with Crippen molar-refractivity contribution in [2.75, 3.05) is 11.9 Å². The lowest BCUT2D eigenvalue weighted by Gasteiger charge is -2.34. The van der Waals surface area contributed by atoms with Crippen molar-refractivity contribution in [1.82, 2.24) is 10.2 Å². The number of aryl methyl sites for hydroxylation is 1. The van der Waals surface area contributed by atoms with Gasteiger partial charge in [-0.05, 0) is 86.2 Å². The van der Waals surface area contributed by atoms with E-state index >= 15 is 0 Å². The number of hydrogen-bond donors (Lipinski definition) is 4. The monoisotopic (exact) mass is 547 g/mol. The third kappa shape index (κ3) is 6.71. The Morgan fingerprint density at radius 1 is 1.05 bits per heavy atom. The molecule has 3 aromatic carbocycles. The lowest BCUT2D eigenvalue weighted by molar-refractivity contribution is -0.142. The van der Waals surface area contributed by atoms with Gasteiger partial charge < -0.3 is 30.5 Å². The van der Waals surface area contributed by atoms with E-state index in [4.69, 9.17) is 4.74 Å². The van der Waals surface area contributed by atoms with Crippen LogP contribution in [0.2, 0.25) is 0 Å². The molecule has 1 saturated carbocycles. The number of nitrogens with zero attached hydrogens (tertiary/aromatic N) is 1. The summed E-state index contributed by atoms with van der Waals surface area (Å²) >= 11 is 0. The minimum Gasteiger partial charge on any atom is -0.508 e. The van der Waals surface area contributed by atoms with Crippen molar-refractivity contribution in [2.45, 2.75) is 64.8 Å². The minimum atomic E-state index is -1.32. The number of alkyl carbamates (subject to hydrolysis) is 1. The molecular formula is C31H37N3O6. The van der Waals surface area contributed by atoms with Gasteiger partial charge in [0.25, 0.3) is 5.91 Å². The maximum Gasteiger partial charge on any atom is 0.408 e. The largest absolute Gasteiger partial charge is 0.508 e. The summed E-state index contributed by atoms with van der Waals surface area (Å²) in [5.74, 6) is -0.886. The summed E-state index contributed by atoms with van der Waals surface area (Å²) in [5, 5.41) is 27.7. The first kappa shape index (κ1) is 28.9. The average Bonchev–Trinajstić information content (AvgIpc) is 3.61. The fourth-order valence-electron chi connectivity index (χ4n) is 4.75. The molecule has 9 nitrogen and oxygen atoms in total. The van der Waals surface area contributed by atoms with E-state index in [9.17, 15) is 24.6 Å². The van der Waals surface area contributed by atoms with E-state index in [0.29, 0.717) is 23.2 Å². The molecule has 212 valence electrons. The van der Waals surface area contributed by atoms with Crippen LogP contribution in [0.1, 0.15) is 51.3 Å². The summed E-state index contributed by atoms with van der Waals surface area (Å²) in [4.78, 5) is 41.9. The molecule has 0 radical (unpaired) electrons. The second-order valence-corrected chi connectivity index (χ2v) is 11.4. The number of aliphatic hydroxyl groups is 1. The number of nitrogens with one attached hydrogen (secondary N) is 2. The van der Waals surface area contributed by atoms with E-state index in [1.807, 2.05) is 43.3 Å². The smallest absolute Gasteiger partial charge is 0.408 e. The number of aromatic hydroxyl groups is 1. The summed E-state index contributed by atoms with van der Waals surface area (Å²) in [6, 6.07) is 15.4. The minimum absolute atomic E-state index is 0.0648. The zero-order chi connectivity index (χ0) is 29.2. The molecule has 1 fully saturated rings. The van der Waals surface area contributed by atoms with Crippen LogP contribution in [0, 0.1) is 12.8 Å². The van der Waals surface area contributed by atoms with Crippen LogP contribution >= 0.6 is 0 Å². The van der Waals surface area contributed by atoms with Gasteiger partial charge in [0.1, 0.15) is 23.4 Å². The van der Waals surface area contributed by atoms with E-state index in [2.05, 4.69) is 10.6 Å². The van der Waals surface area contributed by atoms with Crippen LogP contribution in [0.25, 0.3) is 10.8 Å². The number of carbonyl (C=O) groups is 3. The van der Waals surface area contributed by atoms with Gasteiger partial charge in [0.15, 0.2) is 0 Å². The van der Waals surface area contributed by atoms with Crippen LogP contribution in [-0.4, -0.2) is 57.3 Å². The standard InChI is InChI=1S/C31H37N3O6/c1-18-15-25(18)34(29(38)24(17-35)33-30(39)40-31(3,4)5)27(22-11-13-26(36)19(2)14-22)28(37)32-23-12-10-20-8-6-7-9-21(20)16-23/h6-14,16,18,24-25,27,35-36H,15,17H2,1-5H3,(H,32,37)(H,33,39). The van der Waals surface area contributed by atoms with Crippen molar-refractivity contribution in [3.8, 4) is 5.75 Å². The molecule has 1 aliphatic rings. The van der Waals surface area contributed by atoms with Gasteiger partial charge in [-0.2, -0.15) is 0 Å². The Bertz CT molecular complexity index is 1420. The van der Waals surface area contributed by atoms with Crippen LogP contribution in [0.15, 0.2) is 60.7 Å². The molecule has 40 heavy (non-hydrogen) atoms. The molecule has 0 aromatic heterocycles. The van der Waals surface area contributed by atoms with E-state index in [-0.39, 0.29) is 17.7 Å². The Morgan fingerprint density at radius 2 is 1.73 bits per heavy atom. The van der Waals surface area contributed by atoms with Crippen LogP contribution in [0.3, 0.4) is 0 Å². The van der Waals surface area contributed by atoms with Crippen LogP contribution in [0.5, 0.6) is 5.75 Å². The van der Waals surface area contributed by atoms with Crippen molar-refractivity contribution >= 4 is 34.4 Å². The molecular weight excluding hydrogens is 510 g/mol. The maximum atomic E-state index is 14.0. The molecule has 0 bridgehead atoms. The fraction of sp³-hybridized carbons (Fsp3) is 0.387. The maximum absolute atomic E-state index is 14.0. The van der Waals surface area contributed by atoms with Gasteiger partial charge in [0, 0.05) is 11.7 Å². The highest BCUT2D eigenvalue weighted by Crippen LogP contribution is 2.41. The lowest BCUT2D eigenvalue weighted by Crippen LogP contribution is -2.54. The molecule has 3 aromatic rings. The van der Waals surface area contributed by atoms with E-state index in [0.717, 1.165) is 10.8 Å². The lowest BCUT2D eigenvalue weighted by atomic mass is 9.99. The highest BCUT2D eigenvalue weighted by Gasteiger charge is 2.48. The molecule has 1 aliphatic carbocycles. The Hall–Kier alpha value is -4.11. The topological polar surface area (TPSA) is 128 Å². The summed E-state index contributed by atoms with van der Waals surface area (Å²) < 4.78 is 5.29. The summed E-state index contributed by atoms with van der Waals surface area (Å²) in [5.41, 5.74) is 0.799. The normalized spacial score (nSPS) is 17.9. The molecule has 0 aliphatic heterocycles. The number of phenolic OH excluding ortho intramolecular Hbond substituents is 1. The molecule has 0 heterocycles. The number of hydrogen-bond acceptors (Lipinski definition) is 6. The van der Waals surface area contributed by atoms with Crippen LogP contribution < -0.4 is 10.6 Å². The van der Waals surface area contributed by atoms with Crippen molar-refractivity contribution < 1.29 is 29.3 Å². The number of ether oxygens (including phenoxy) is 1. The second-order valence-electron chi connectivity index (χ2n) is 11.4. The predicted molar refractivity (Wildman–Crippen MR) is 153 cm³/mol.